The van der Waals surface area contributed by atoms with Gasteiger partial charge in [-0.3, -0.25) is 5.10 Å². The highest BCUT2D eigenvalue weighted by atomic mass is 79.9. The van der Waals surface area contributed by atoms with E-state index in [1.807, 2.05) is 19.2 Å². The molecule has 1 aromatic heterocycles. The number of H-pyrrole nitrogens is 1. The van der Waals surface area contributed by atoms with Crippen LogP contribution in [0.1, 0.15) is 5.56 Å². The molecule has 3 rings (SSSR count). The first-order valence-corrected chi connectivity index (χ1v) is 6.76. The lowest BCUT2D eigenvalue weighted by Gasteiger charge is -2.08. The van der Waals surface area contributed by atoms with Gasteiger partial charge in [0.15, 0.2) is 0 Å². The van der Waals surface area contributed by atoms with Gasteiger partial charge in [0, 0.05) is 5.56 Å². The maximum atomic E-state index is 5.31. The monoisotopic (exact) mass is 316 g/mol. The number of nitrogens with zero attached hydrogens (tertiary/aromatic N) is 1. The summed E-state index contributed by atoms with van der Waals surface area (Å²) in [4.78, 5) is 0. The third kappa shape index (κ3) is 2.02. The molecule has 0 spiro atoms. The highest BCUT2D eigenvalue weighted by Gasteiger charge is 2.08. The Kier molecular flexibility index (Phi) is 3.03. The van der Waals surface area contributed by atoms with Crippen molar-refractivity contribution < 1.29 is 4.74 Å². The van der Waals surface area contributed by atoms with Crippen LogP contribution < -0.4 is 4.74 Å². The molecule has 0 amide bonds. The van der Waals surface area contributed by atoms with Gasteiger partial charge in [-0.2, -0.15) is 5.10 Å². The number of rotatable bonds is 2. The smallest absolute Gasteiger partial charge is 0.133 e. The van der Waals surface area contributed by atoms with E-state index < -0.39 is 0 Å². The fourth-order valence-electron chi connectivity index (χ4n) is 2.22. The van der Waals surface area contributed by atoms with Gasteiger partial charge in [0.2, 0.25) is 0 Å². The summed E-state index contributed by atoms with van der Waals surface area (Å²) in [7, 11) is 1.67. The van der Waals surface area contributed by atoms with Crippen LogP contribution in [-0.4, -0.2) is 17.3 Å². The summed E-state index contributed by atoms with van der Waals surface area (Å²) in [6, 6.07) is 10.4. The summed E-state index contributed by atoms with van der Waals surface area (Å²) in [5.74, 6) is 0.845. The van der Waals surface area contributed by atoms with Crippen LogP contribution in [0.3, 0.4) is 0 Å². The van der Waals surface area contributed by atoms with Crippen LogP contribution in [0.25, 0.3) is 22.0 Å². The van der Waals surface area contributed by atoms with E-state index in [0.717, 1.165) is 32.4 Å². The minimum Gasteiger partial charge on any atom is -0.496 e. The van der Waals surface area contributed by atoms with Gasteiger partial charge < -0.3 is 4.74 Å². The molecule has 19 heavy (non-hydrogen) atoms. The molecule has 0 saturated heterocycles. The molecule has 0 bridgehead atoms. The quantitative estimate of drug-likeness (QED) is 0.765. The zero-order valence-corrected chi connectivity index (χ0v) is 12.3. The Hall–Kier alpha value is -1.81. The van der Waals surface area contributed by atoms with Crippen LogP contribution in [0.15, 0.2) is 41.0 Å². The topological polar surface area (TPSA) is 37.9 Å². The number of nitrogens with one attached hydrogen (secondary N) is 1. The first-order chi connectivity index (χ1) is 9.20. The van der Waals surface area contributed by atoms with Crippen LogP contribution in [0.5, 0.6) is 5.75 Å². The standard InChI is InChI=1S/C15H13BrN2O/c1-9-8-17-18-15(9)11-3-5-12-10(7-11)4-6-13(19-2)14(12)16/h3-8H,1-2H3,(H,17,18). The molecule has 3 nitrogen and oxygen atoms in total. The number of aromatic nitrogens is 2. The normalized spacial score (nSPS) is 10.9. The summed E-state index contributed by atoms with van der Waals surface area (Å²) in [6.07, 6.45) is 1.84. The largest absolute Gasteiger partial charge is 0.496 e. The van der Waals surface area contributed by atoms with Crippen LogP contribution in [0, 0.1) is 6.92 Å². The maximum absolute atomic E-state index is 5.31. The molecule has 0 aliphatic carbocycles. The van der Waals surface area contributed by atoms with Crippen LogP contribution >= 0.6 is 15.9 Å². The van der Waals surface area contributed by atoms with Crippen LogP contribution in [0.2, 0.25) is 0 Å². The molecule has 0 aliphatic heterocycles. The minimum absolute atomic E-state index is 0.845. The molecule has 0 unspecified atom stereocenters. The molecular weight excluding hydrogens is 304 g/mol. The van der Waals surface area contributed by atoms with Gasteiger partial charge >= 0.3 is 0 Å². The Morgan fingerprint density at radius 3 is 2.74 bits per heavy atom. The number of benzene rings is 2. The molecule has 0 saturated carbocycles. The number of ether oxygens (including phenoxy) is 1. The average Bonchev–Trinajstić information content (AvgIpc) is 2.85. The second kappa shape index (κ2) is 4.70. The second-order valence-corrected chi connectivity index (χ2v) is 5.24. The molecule has 2 aromatic carbocycles. The van der Waals surface area contributed by atoms with E-state index in [2.05, 4.69) is 50.4 Å². The van der Waals surface area contributed by atoms with Crippen molar-refractivity contribution in [2.75, 3.05) is 7.11 Å². The molecule has 3 aromatic rings. The van der Waals surface area contributed by atoms with Crippen LogP contribution in [0.4, 0.5) is 0 Å². The fourth-order valence-corrected chi connectivity index (χ4v) is 2.88. The van der Waals surface area contributed by atoms with Crippen LogP contribution in [-0.2, 0) is 0 Å². The van der Waals surface area contributed by atoms with E-state index in [-0.39, 0.29) is 0 Å². The van der Waals surface area contributed by atoms with Crippen molar-refractivity contribution in [3.05, 3.63) is 46.6 Å². The van der Waals surface area contributed by atoms with Gasteiger partial charge in [0.1, 0.15) is 5.75 Å². The molecular formula is C15H13BrN2O. The Morgan fingerprint density at radius 1 is 1.21 bits per heavy atom. The molecule has 0 fully saturated rings. The van der Waals surface area contributed by atoms with Crippen molar-refractivity contribution in [2.45, 2.75) is 6.92 Å². The summed E-state index contributed by atoms with van der Waals surface area (Å²) in [6.45, 7) is 2.05. The maximum Gasteiger partial charge on any atom is 0.133 e. The molecule has 1 heterocycles. The zero-order chi connectivity index (χ0) is 13.4. The van der Waals surface area contributed by atoms with E-state index in [4.69, 9.17) is 4.74 Å². The fraction of sp³-hybridized carbons (Fsp3) is 0.133. The third-order valence-electron chi connectivity index (χ3n) is 3.26. The lowest BCUT2D eigenvalue weighted by atomic mass is 10.0. The zero-order valence-electron chi connectivity index (χ0n) is 10.7. The molecule has 0 radical (unpaired) electrons. The van der Waals surface area contributed by atoms with Crippen molar-refractivity contribution >= 4 is 26.7 Å². The number of fused-ring (bicyclic) bond motifs is 1. The van der Waals surface area contributed by atoms with E-state index >= 15 is 0 Å². The van der Waals surface area contributed by atoms with Crippen molar-refractivity contribution in [3.63, 3.8) is 0 Å². The van der Waals surface area contributed by atoms with Crippen molar-refractivity contribution in [2.24, 2.45) is 0 Å². The molecule has 0 aliphatic rings. The number of methoxy groups -OCH3 is 1. The third-order valence-corrected chi connectivity index (χ3v) is 4.07. The highest BCUT2D eigenvalue weighted by molar-refractivity contribution is 9.10. The van der Waals surface area contributed by atoms with Crippen molar-refractivity contribution in [1.29, 1.82) is 0 Å². The van der Waals surface area contributed by atoms with E-state index in [9.17, 15) is 0 Å². The predicted molar refractivity (Wildman–Crippen MR) is 80.5 cm³/mol. The number of halogens is 1. The number of hydrogen-bond donors (Lipinski definition) is 1. The SMILES string of the molecule is COc1ccc2cc(-c3[nH]ncc3C)ccc2c1Br. The number of hydrogen-bond acceptors (Lipinski definition) is 2. The van der Waals surface area contributed by atoms with Gasteiger partial charge in [-0.15, -0.1) is 0 Å². The lowest BCUT2D eigenvalue weighted by molar-refractivity contribution is 0.413. The lowest BCUT2D eigenvalue weighted by Crippen LogP contribution is -1.87. The summed E-state index contributed by atoms with van der Waals surface area (Å²) in [5.41, 5.74) is 3.35. The number of aryl methyl sites for hydroxylation is 1. The van der Waals surface area contributed by atoms with Crippen molar-refractivity contribution in [3.8, 4) is 17.0 Å². The first kappa shape index (κ1) is 12.2. The average molecular weight is 317 g/mol. The molecule has 1 N–H and O–H groups in total. The minimum atomic E-state index is 0.845. The summed E-state index contributed by atoms with van der Waals surface area (Å²) in [5, 5.41) is 9.41. The highest BCUT2D eigenvalue weighted by Crippen LogP contribution is 2.35. The van der Waals surface area contributed by atoms with Gasteiger partial charge in [-0.25, -0.2) is 0 Å². The second-order valence-electron chi connectivity index (χ2n) is 4.45. The van der Waals surface area contributed by atoms with Gasteiger partial charge in [0.05, 0.1) is 23.5 Å². The Morgan fingerprint density at radius 2 is 2.05 bits per heavy atom. The molecule has 4 heteroatoms. The Balaban J connectivity index is 2.20. The Bertz CT molecular complexity index is 749. The number of aromatic amines is 1. The Labute approximate surface area is 119 Å². The van der Waals surface area contributed by atoms with Gasteiger partial charge in [0.25, 0.3) is 0 Å². The van der Waals surface area contributed by atoms with E-state index in [0.29, 0.717) is 0 Å². The molecule has 96 valence electrons. The summed E-state index contributed by atoms with van der Waals surface area (Å²) >= 11 is 3.58. The summed E-state index contributed by atoms with van der Waals surface area (Å²) < 4.78 is 6.30. The van der Waals surface area contributed by atoms with Crippen molar-refractivity contribution in [1.82, 2.24) is 10.2 Å². The van der Waals surface area contributed by atoms with Gasteiger partial charge in [-0.1, -0.05) is 18.2 Å². The van der Waals surface area contributed by atoms with E-state index in [1.54, 1.807) is 7.11 Å². The molecule has 0 atom stereocenters. The first-order valence-electron chi connectivity index (χ1n) is 5.97. The predicted octanol–water partition coefficient (Wildman–Crippen LogP) is 4.31. The van der Waals surface area contributed by atoms with Gasteiger partial charge in [-0.05, 0) is 51.3 Å². The van der Waals surface area contributed by atoms with E-state index in [1.165, 1.54) is 5.39 Å².